The predicted molar refractivity (Wildman–Crippen MR) is 78.6 cm³/mol. The van der Waals surface area contributed by atoms with Gasteiger partial charge in [-0.25, -0.2) is 13.1 Å². The van der Waals surface area contributed by atoms with E-state index in [0.29, 0.717) is 12.2 Å². The van der Waals surface area contributed by atoms with Crippen LogP contribution in [-0.2, 0) is 14.8 Å². The first kappa shape index (κ1) is 15.9. The third-order valence-corrected chi connectivity index (χ3v) is 4.66. The summed E-state index contributed by atoms with van der Waals surface area (Å²) in [7, 11) is -1.91. The Bertz CT molecular complexity index is 594. The van der Waals surface area contributed by atoms with Crippen LogP contribution in [0.5, 0.6) is 0 Å². The zero-order chi connectivity index (χ0) is 15.5. The molecule has 1 aliphatic carbocycles. The van der Waals surface area contributed by atoms with Gasteiger partial charge in [-0.3, -0.25) is 4.79 Å². The highest BCUT2D eigenvalue weighted by Gasteiger charge is 2.27. The minimum atomic E-state index is -3.47. The van der Waals surface area contributed by atoms with Crippen molar-refractivity contribution >= 4 is 15.9 Å². The number of carbonyl (C=O) groups is 1. The lowest BCUT2D eigenvalue weighted by Crippen LogP contribution is -2.35. The van der Waals surface area contributed by atoms with Crippen LogP contribution in [-0.4, -0.2) is 40.1 Å². The number of hydrogen-bond acceptors (Lipinski definition) is 4. The lowest BCUT2D eigenvalue weighted by Gasteiger charge is -2.13. The predicted octanol–water partition coefficient (Wildman–Crippen LogP) is 0.892. The quantitative estimate of drug-likeness (QED) is 0.783. The highest BCUT2D eigenvalue weighted by molar-refractivity contribution is 7.89. The number of methoxy groups -OCH3 is 1. The van der Waals surface area contributed by atoms with E-state index in [1.165, 1.54) is 24.3 Å². The molecule has 2 rings (SSSR count). The molecule has 1 atom stereocenters. The van der Waals surface area contributed by atoms with Crippen molar-refractivity contribution in [3.8, 4) is 0 Å². The molecule has 0 saturated heterocycles. The van der Waals surface area contributed by atoms with Crippen LogP contribution in [0, 0.1) is 0 Å². The molecule has 1 unspecified atom stereocenters. The number of hydrogen-bond donors (Lipinski definition) is 2. The van der Waals surface area contributed by atoms with E-state index in [1.54, 1.807) is 7.11 Å². The van der Waals surface area contributed by atoms with Gasteiger partial charge in [0, 0.05) is 24.8 Å². The van der Waals surface area contributed by atoms with E-state index in [-0.39, 0.29) is 22.9 Å². The first-order valence-corrected chi connectivity index (χ1v) is 8.33. The lowest BCUT2D eigenvalue weighted by atomic mass is 10.2. The normalized spacial score (nSPS) is 16.5. The summed E-state index contributed by atoms with van der Waals surface area (Å²) in [5, 5.41) is 2.77. The fourth-order valence-electron chi connectivity index (χ4n) is 1.87. The SMILES string of the molecule is COCC(C)NC(=O)c1ccc(S(=O)(=O)NC2CC2)cc1. The Morgan fingerprint density at radius 3 is 2.48 bits per heavy atom. The molecule has 1 aliphatic rings. The molecule has 2 N–H and O–H groups in total. The maximum atomic E-state index is 12.0. The van der Waals surface area contributed by atoms with Crippen molar-refractivity contribution in [3.05, 3.63) is 29.8 Å². The summed E-state index contributed by atoms with van der Waals surface area (Å²) in [6.45, 7) is 2.25. The summed E-state index contributed by atoms with van der Waals surface area (Å²) in [4.78, 5) is 12.1. The van der Waals surface area contributed by atoms with Gasteiger partial charge >= 0.3 is 0 Å². The van der Waals surface area contributed by atoms with E-state index in [4.69, 9.17) is 4.74 Å². The van der Waals surface area contributed by atoms with E-state index >= 15 is 0 Å². The fourth-order valence-corrected chi connectivity index (χ4v) is 3.18. The Morgan fingerprint density at radius 2 is 1.95 bits per heavy atom. The van der Waals surface area contributed by atoms with Crippen LogP contribution >= 0.6 is 0 Å². The maximum Gasteiger partial charge on any atom is 0.251 e. The van der Waals surface area contributed by atoms with Gasteiger partial charge in [-0.15, -0.1) is 0 Å². The van der Waals surface area contributed by atoms with Gasteiger partial charge in [0.1, 0.15) is 0 Å². The van der Waals surface area contributed by atoms with Crippen LogP contribution < -0.4 is 10.0 Å². The van der Waals surface area contributed by atoms with Crippen molar-refractivity contribution in [3.63, 3.8) is 0 Å². The number of nitrogens with one attached hydrogen (secondary N) is 2. The third kappa shape index (κ3) is 4.52. The topological polar surface area (TPSA) is 84.5 Å². The molecule has 1 aromatic rings. The van der Waals surface area contributed by atoms with Gasteiger partial charge in [-0.05, 0) is 44.0 Å². The molecule has 0 heterocycles. The second-order valence-corrected chi connectivity index (χ2v) is 6.96. The van der Waals surface area contributed by atoms with Crippen molar-refractivity contribution in [1.29, 1.82) is 0 Å². The average Bonchev–Trinajstić information content (AvgIpc) is 3.22. The number of benzene rings is 1. The van der Waals surface area contributed by atoms with E-state index in [0.717, 1.165) is 12.8 Å². The smallest absolute Gasteiger partial charge is 0.251 e. The summed E-state index contributed by atoms with van der Waals surface area (Å²) in [5.41, 5.74) is 0.420. The highest BCUT2D eigenvalue weighted by Crippen LogP contribution is 2.22. The van der Waals surface area contributed by atoms with Crippen molar-refractivity contribution in [1.82, 2.24) is 10.0 Å². The van der Waals surface area contributed by atoms with Gasteiger partial charge < -0.3 is 10.1 Å². The van der Waals surface area contributed by atoms with Gasteiger partial charge in [0.25, 0.3) is 5.91 Å². The third-order valence-electron chi connectivity index (χ3n) is 3.12. The number of rotatable bonds is 7. The van der Waals surface area contributed by atoms with Crippen LogP contribution in [0.2, 0.25) is 0 Å². The molecule has 21 heavy (non-hydrogen) atoms. The number of ether oxygens (including phenoxy) is 1. The van der Waals surface area contributed by atoms with Gasteiger partial charge in [0.15, 0.2) is 0 Å². The number of amides is 1. The summed E-state index contributed by atoms with van der Waals surface area (Å²) in [6, 6.07) is 5.86. The first-order valence-electron chi connectivity index (χ1n) is 6.84. The highest BCUT2D eigenvalue weighted by atomic mass is 32.2. The monoisotopic (exact) mass is 312 g/mol. The molecule has 1 fully saturated rings. The van der Waals surface area contributed by atoms with E-state index in [9.17, 15) is 13.2 Å². The van der Waals surface area contributed by atoms with Crippen LogP contribution in [0.1, 0.15) is 30.1 Å². The molecule has 1 saturated carbocycles. The van der Waals surface area contributed by atoms with Gasteiger partial charge in [-0.1, -0.05) is 0 Å². The van der Waals surface area contributed by atoms with Crippen molar-refractivity contribution in [2.45, 2.75) is 36.7 Å². The number of sulfonamides is 1. The molecule has 6 nitrogen and oxygen atoms in total. The van der Waals surface area contributed by atoms with Crippen molar-refractivity contribution < 1.29 is 17.9 Å². The summed E-state index contributed by atoms with van der Waals surface area (Å²) >= 11 is 0. The molecule has 0 bridgehead atoms. The zero-order valence-corrected chi connectivity index (χ0v) is 12.9. The molecular formula is C14H20N2O4S. The second-order valence-electron chi connectivity index (χ2n) is 5.25. The Balaban J connectivity index is 2.02. The minimum Gasteiger partial charge on any atom is -0.383 e. The van der Waals surface area contributed by atoms with Crippen molar-refractivity contribution in [2.75, 3.05) is 13.7 Å². The number of carbonyl (C=O) groups excluding carboxylic acids is 1. The van der Waals surface area contributed by atoms with Crippen LogP contribution in [0.15, 0.2) is 29.2 Å². The second kappa shape index (κ2) is 6.55. The first-order chi connectivity index (χ1) is 9.92. The molecule has 0 aromatic heterocycles. The van der Waals surface area contributed by atoms with Crippen molar-refractivity contribution in [2.24, 2.45) is 0 Å². The molecule has 1 aromatic carbocycles. The zero-order valence-electron chi connectivity index (χ0n) is 12.1. The Kier molecular flexibility index (Phi) is 4.97. The molecule has 0 aliphatic heterocycles. The summed E-state index contributed by atoms with van der Waals surface area (Å²) in [6.07, 6.45) is 1.77. The molecule has 7 heteroatoms. The summed E-state index contributed by atoms with van der Waals surface area (Å²) < 4.78 is 31.5. The lowest BCUT2D eigenvalue weighted by molar-refractivity contribution is 0.0905. The average molecular weight is 312 g/mol. The van der Waals surface area contributed by atoms with Gasteiger partial charge in [0.05, 0.1) is 11.5 Å². The molecule has 116 valence electrons. The minimum absolute atomic E-state index is 0.0628. The largest absolute Gasteiger partial charge is 0.383 e. The molecule has 1 amide bonds. The van der Waals surface area contributed by atoms with E-state index in [1.807, 2.05) is 6.92 Å². The van der Waals surface area contributed by atoms with Crippen LogP contribution in [0.3, 0.4) is 0 Å². The molecule has 0 spiro atoms. The molecule has 0 radical (unpaired) electrons. The fraction of sp³-hybridized carbons (Fsp3) is 0.500. The van der Waals surface area contributed by atoms with E-state index < -0.39 is 10.0 Å². The van der Waals surface area contributed by atoms with E-state index in [2.05, 4.69) is 10.0 Å². The standard InChI is InChI=1S/C14H20N2O4S/c1-10(9-20-2)15-14(17)11-3-7-13(8-4-11)21(18,19)16-12-5-6-12/h3-4,7-8,10,12,16H,5-6,9H2,1-2H3,(H,15,17). The Hall–Kier alpha value is -1.44. The Morgan fingerprint density at radius 1 is 1.33 bits per heavy atom. The van der Waals surface area contributed by atoms with Gasteiger partial charge in [0.2, 0.25) is 10.0 Å². The molecular weight excluding hydrogens is 292 g/mol. The maximum absolute atomic E-state index is 12.0. The Labute approximate surface area is 124 Å². The van der Waals surface area contributed by atoms with Crippen LogP contribution in [0.4, 0.5) is 0 Å². The van der Waals surface area contributed by atoms with Crippen LogP contribution in [0.25, 0.3) is 0 Å². The summed E-state index contributed by atoms with van der Waals surface area (Å²) in [5.74, 6) is -0.251. The van der Waals surface area contributed by atoms with Gasteiger partial charge in [-0.2, -0.15) is 0 Å².